The quantitative estimate of drug-likeness (QED) is 0.472. The Morgan fingerprint density at radius 3 is 1.65 bits per heavy atom. The second-order valence-electron chi connectivity index (χ2n) is 7.78. The predicted octanol–water partition coefficient (Wildman–Crippen LogP) is 4.22. The zero-order valence-electron chi connectivity index (χ0n) is 15.0. The van der Waals surface area contributed by atoms with Crippen LogP contribution in [0.2, 0.25) is 0 Å². The summed E-state index contributed by atoms with van der Waals surface area (Å²) in [6, 6.07) is 10.7. The number of halogens is 1. The van der Waals surface area contributed by atoms with Crippen LogP contribution in [0.1, 0.15) is 59.5 Å². The van der Waals surface area contributed by atoms with Crippen molar-refractivity contribution in [3.63, 3.8) is 0 Å². The highest BCUT2D eigenvalue weighted by molar-refractivity contribution is 14.1. The van der Waals surface area contributed by atoms with Crippen molar-refractivity contribution in [1.82, 2.24) is 5.06 Å². The number of hydrogen-bond acceptors (Lipinski definition) is 3. The van der Waals surface area contributed by atoms with E-state index in [9.17, 15) is 14.8 Å². The molecule has 0 fully saturated rings. The molecule has 2 amide bonds. The molecule has 2 heterocycles. The number of nitrogens with zero attached hydrogens (tertiary/aromatic N) is 2. The summed E-state index contributed by atoms with van der Waals surface area (Å²) in [6.07, 6.45) is 0. The first-order valence-corrected chi connectivity index (χ1v) is 9.45. The number of carbonyl (C=O) groups excluding carboxylic acids is 2. The Kier molecular flexibility index (Phi) is 3.64. The lowest BCUT2D eigenvalue weighted by Crippen LogP contribution is -2.41. The standard InChI is InChI=1S/C20H18IN2O3/c1-19(2)15-9-13-14(10-16(15)20(3,4)23(19)26)18(25)22(17(13)24)12-7-5-11(21)6-8-12/h5-10H,1-4H3. The van der Waals surface area contributed by atoms with Gasteiger partial charge in [0.05, 0.1) is 27.9 Å². The van der Waals surface area contributed by atoms with Crippen LogP contribution >= 0.6 is 22.6 Å². The molecule has 6 heteroatoms. The van der Waals surface area contributed by atoms with Crippen molar-refractivity contribution in [2.45, 2.75) is 38.8 Å². The fraction of sp³-hybridized carbons (Fsp3) is 0.300. The molecule has 0 unspecified atom stereocenters. The summed E-state index contributed by atoms with van der Waals surface area (Å²) in [6.45, 7) is 7.38. The van der Waals surface area contributed by atoms with Crippen molar-refractivity contribution in [1.29, 1.82) is 0 Å². The van der Waals surface area contributed by atoms with Crippen molar-refractivity contribution < 1.29 is 14.8 Å². The van der Waals surface area contributed by atoms with E-state index < -0.39 is 11.1 Å². The second kappa shape index (κ2) is 5.37. The summed E-state index contributed by atoms with van der Waals surface area (Å²) in [5, 5.41) is 13.8. The third-order valence-electron chi connectivity index (χ3n) is 5.44. The number of anilines is 1. The maximum absolute atomic E-state index is 13.0. The van der Waals surface area contributed by atoms with Crippen LogP contribution < -0.4 is 4.90 Å². The second-order valence-corrected chi connectivity index (χ2v) is 9.02. The Labute approximate surface area is 165 Å². The molecule has 1 radical (unpaired) electrons. The van der Waals surface area contributed by atoms with E-state index in [1.165, 1.54) is 4.90 Å². The Balaban J connectivity index is 1.88. The van der Waals surface area contributed by atoms with Gasteiger partial charge in [0.25, 0.3) is 11.8 Å². The van der Waals surface area contributed by atoms with E-state index in [-0.39, 0.29) is 11.8 Å². The first-order chi connectivity index (χ1) is 12.1. The van der Waals surface area contributed by atoms with Gasteiger partial charge in [-0.2, -0.15) is 0 Å². The predicted molar refractivity (Wildman–Crippen MR) is 105 cm³/mol. The lowest BCUT2D eigenvalue weighted by atomic mass is 9.87. The molecular weight excluding hydrogens is 443 g/mol. The molecule has 26 heavy (non-hydrogen) atoms. The van der Waals surface area contributed by atoms with E-state index in [1.807, 2.05) is 39.8 Å². The lowest BCUT2D eigenvalue weighted by molar-refractivity contribution is -0.266. The molecular formula is C20H18IN2O3. The van der Waals surface area contributed by atoms with Gasteiger partial charge in [-0.05, 0) is 97.8 Å². The van der Waals surface area contributed by atoms with Gasteiger partial charge in [0.1, 0.15) is 0 Å². The maximum atomic E-state index is 13.0. The number of hydroxylamine groups is 2. The smallest absolute Gasteiger partial charge is 0.266 e. The topological polar surface area (TPSA) is 60.5 Å². The zero-order valence-corrected chi connectivity index (χ0v) is 17.1. The molecule has 0 saturated heterocycles. The minimum absolute atomic E-state index is 0.341. The molecule has 0 bridgehead atoms. The van der Waals surface area contributed by atoms with E-state index in [0.29, 0.717) is 16.8 Å². The van der Waals surface area contributed by atoms with Gasteiger partial charge in [-0.3, -0.25) is 9.59 Å². The van der Waals surface area contributed by atoms with E-state index >= 15 is 0 Å². The van der Waals surface area contributed by atoms with Crippen LogP contribution in [0.5, 0.6) is 0 Å². The average Bonchev–Trinajstić information content (AvgIpc) is 2.91. The van der Waals surface area contributed by atoms with Gasteiger partial charge >= 0.3 is 0 Å². The highest BCUT2D eigenvalue weighted by Crippen LogP contribution is 2.50. The first kappa shape index (κ1) is 17.6. The monoisotopic (exact) mass is 461 g/mol. The molecule has 2 aliphatic heterocycles. The van der Waals surface area contributed by atoms with Gasteiger partial charge in [0.2, 0.25) is 0 Å². The molecule has 4 rings (SSSR count). The number of benzene rings is 2. The van der Waals surface area contributed by atoms with Gasteiger partial charge in [-0.1, -0.05) is 0 Å². The van der Waals surface area contributed by atoms with Crippen molar-refractivity contribution in [2.24, 2.45) is 0 Å². The summed E-state index contributed by atoms with van der Waals surface area (Å²) in [5.41, 5.74) is 1.39. The van der Waals surface area contributed by atoms with Crippen molar-refractivity contribution in [2.75, 3.05) is 4.90 Å². The SMILES string of the molecule is CC1(C)c2cc3c(cc2C(C)(C)N1[O])C(=O)N(c1ccc(I)cc1)C3=O. The van der Waals surface area contributed by atoms with Crippen LogP contribution in [0.3, 0.4) is 0 Å². The highest BCUT2D eigenvalue weighted by atomic mass is 127. The third-order valence-corrected chi connectivity index (χ3v) is 6.16. The van der Waals surface area contributed by atoms with Crippen molar-refractivity contribution in [3.05, 3.63) is 62.2 Å². The number of rotatable bonds is 1. The summed E-state index contributed by atoms with van der Waals surface area (Å²) >= 11 is 2.18. The molecule has 5 nitrogen and oxygen atoms in total. The van der Waals surface area contributed by atoms with Crippen LogP contribution in [0.25, 0.3) is 0 Å². The van der Waals surface area contributed by atoms with Gasteiger partial charge in [-0.25, -0.2) is 4.90 Å². The molecule has 2 aromatic rings. The molecule has 2 aromatic carbocycles. The maximum Gasteiger partial charge on any atom is 0.266 e. The molecule has 2 aliphatic rings. The molecule has 0 aromatic heterocycles. The first-order valence-electron chi connectivity index (χ1n) is 8.37. The van der Waals surface area contributed by atoms with Crippen LogP contribution in [-0.2, 0) is 16.3 Å². The minimum Gasteiger partial charge on any atom is -0.268 e. The fourth-order valence-corrected chi connectivity index (χ4v) is 4.40. The minimum atomic E-state index is -0.756. The molecule has 0 aliphatic carbocycles. The van der Waals surface area contributed by atoms with E-state index in [4.69, 9.17) is 0 Å². The third kappa shape index (κ3) is 2.15. The van der Waals surface area contributed by atoms with Crippen molar-refractivity contribution in [3.8, 4) is 0 Å². The zero-order chi connectivity index (χ0) is 19.0. The molecule has 0 atom stereocenters. The molecule has 0 spiro atoms. The van der Waals surface area contributed by atoms with Crippen LogP contribution in [0.15, 0.2) is 36.4 Å². The fourth-order valence-electron chi connectivity index (χ4n) is 4.04. The average molecular weight is 461 g/mol. The number of fused-ring (bicyclic) bond motifs is 2. The number of hydrogen-bond donors (Lipinski definition) is 0. The van der Waals surface area contributed by atoms with Crippen molar-refractivity contribution >= 4 is 40.1 Å². The molecule has 0 N–H and O–H groups in total. The number of amides is 2. The summed E-state index contributed by atoms with van der Waals surface area (Å²) in [7, 11) is 0. The molecule has 0 saturated carbocycles. The van der Waals surface area contributed by atoms with Gasteiger partial charge < -0.3 is 0 Å². The summed E-state index contributed by atoms with van der Waals surface area (Å²) in [5.74, 6) is -0.682. The largest absolute Gasteiger partial charge is 0.268 e. The normalized spacial score (nSPS) is 20.5. The lowest BCUT2D eigenvalue weighted by Gasteiger charge is -2.32. The van der Waals surface area contributed by atoms with Gasteiger partial charge in [0.15, 0.2) is 0 Å². The van der Waals surface area contributed by atoms with Crippen LogP contribution in [-0.4, -0.2) is 16.9 Å². The Hall–Kier alpha value is -1.77. The highest BCUT2D eigenvalue weighted by Gasteiger charge is 2.52. The Bertz CT molecular complexity index is 909. The van der Waals surface area contributed by atoms with Crippen LogP contribution in [0.4, 0.5) is 5.69 Å². The van der Waals surface area contributed by atoms with Gasteiger partial charge in [-0.15, -0.1) is 10.3 Å². The van der Waals surface area contributed by atoms with E-state index in [1.54, 1.807) is 24.3 Å². The Morgan fingerprint density at radius 1 is 0.808 bits per heavy atom. The summed E-state index contributed by atoms with van der Waals surface area (Å²) in [4.78, 5) is 27.1. The molecule has 133 valence electrons. The summed E-state index contributed by atoms with van der Waals surface area (Å²) < 4.78 is 1.03. The van der Waals surface area contributed by atoms with Crippen LogP contribution in [0, 0.1) is 3.57 Å². The number of imide groups is 1. The van der Waals surface area contributed by atoms with E-state index in [0.717, 1.165) is 19.8 Å². The van der Waals surface area contributed by atoms with E-state index in [2.05, 4.69) is 22.6 Å². The van der Waals surface area contributed by atoms with Gasteiger partial charge in [0, 0.05) is 3.57 Å². The number of carbonyl (C=O) groups is 2. The Morgan fingerprint density at radius 2 is 1.23 bits per heavy atom.